The van der Waals surface area contributed by atoms with Gasteiger partial charge in [0.2, 0.25) is 0 Å². The van der Waals surface area contributed by atoms with E-state index in [9.17, 15) is 9.18 Å². The van der Waals surface area contributed by atoms with Crippen LogP contribution in [0.5, 0.6) is 0 Å². The van der Waals surface area contributed by atoms with Gasteiger partial charge in [-0.05, 0) is 49.1 Å². The summed E-state index contributed by atoms with van der Waals surface area (Å²) in [4.78, 5) is 12.3. The Morgan fingerprint density at radius 2 is 2.05 bits per heavy atom. The third-order valence-electron chi connectivity index (χ3n) is 6.37. The summed E-state index contributed by atoms with van der Waals surface area (Å²) >= 11 is 0. The van der Waals surface area contributed by atoms with Crippen molar-refractivity contribution in [2.45, 2.75) is 53.1 Å². The lowest BCUT2D eigenvalue weighted by Crippen LogP contribution is -2.38. The van der Waals surface area contributed by atoms with Gasteiger partial charge in [-0.1, -0.05) is 32.9 Å². The van der Waals surface area contributed by atoms with Gasteiger partial charge in [0.1, 0.15) is 11.9 Å². The summed E-state index contributed by atoms with van der Waals surface area (Å²) < 4.78 is 19.8. The van der Waals surface area contributed by atoms with Crippen LogP contribution in [0.4, 0.5) is 4.39 Å². The monoisotopic (exact) mass is 290 g/mol. The maximum absolute atomic E-state index is 14.1. The van der Waals surface area contributed by atoms with E-state index in [0.717, 1.165) is 12.8 Å². The molecule has 0 radical (unpaired) electrons. The van der Waals surface area contributed by atoms with Crippen molar-refractivity contribution in [1.29, 1.82) is 0 Å². The first-order chi connectivity index (χ1) is 9.77. The topological polar surface area (TPSA) is 26.3 Å². The molecule has 2 saturated carbocycles. The molecule has 2 bridgehead atoms. The number of rotatable bonds is 2. The molecule has 3 atom stereocenters. The van der Waals surface area contributed by atoms with Crippen molar-refractivity contribution in [2.24, 2.45) is 16.7 Å². The van der Waals surface area contributed by atoms with E-state index in [1.807, 2.05) is 0 Å². The van der Waals surface area contributed by atoms with Crippen molar-refractivity contribution >= 4 is 5.97 Å². The Labute approximate surface area is 125 Å². The quantitative estimate of drug-likeness (QED) is 0.749. The van der Waals surface area contributed by atoms with Crippen LogP contribution in [0.3, 0.4) is 0 Å². The molecule has 21 heavy (non-hydrogen) atoms. The lowest BCUT2D eigenvalue weighted by Gasteiger charge is -2.38. The van der Waals surface area contributed by atoms with Gasteiger partial charge in [0.15, 0.2) is 0 Å². The number of hydrogen-bond acceptors (Lipinski definition) is 2. The molecule has 0 spiro atoms. The zero-order chi connectivity index (χ0) is 15.4. The van der Waals surface area contributed by atoms with Gasteiger partial charge in [-0.3, -0.25) is 0 Å². The van der Waals surface area contributed by atoms with Crippen molar-refractivity contribution < 1.29 is 13.9 Å². The third-order valence-corrected chi connectivity index (χ3v) is 6.37. The second-order valence-electron chi connectivity index (χ2n) is 7.44. The number of esters is 1. The fraction of sp³-hybridized carbons (Fsp3) is 0.611. The molecule has 0 N–H and O–H groups in total. The molecule has 3 unspecified atom stereocenters. The van der Waals surface area contributed by atoms with Crippen LogP contribution in [0, 0.1) is 29.5 Å². The number of aryl methyl sites for hydroxylation is 1. The van der Waals surface area contributed by atoms with Crippen molar-refractivity contribution in [3.63, 3.8) is 0 Å². The first-order valence-corrected chi connectivity index (χ1v) is 7.73. The molecule has 2 aliphatic carbocycles. The zero-order valence-corrected chi connectivity index (χ0v) is 13.2. The normalized spacial score (nSPS) is 33.2. The van der Waals surface area contributed by atoms with E-state index in [1.54, 1.807) is 19.1 Å². The highest BCUT2D eigenvalue weighted by Crippen LogP contribution is 2.66. The summed E-state index contributed by atoms with van der Waals surface area (Å²) in [6, 6.07) is 4.86. The minimum atomic E-state index is -0.522. The molecule has 0 aliphatic heterocycles. The fourth-order valence-electron chi connectivity index (χ4n) is 4.31. The zero-order valence-electron chi connectivity index (χ0n) is 13.2. The maximum atomic E-state index is 14.1. The Morgan fingerprint density at radius 1 is 1.33 bits per heavy atom. The molecule has 1 aromatic carbocycles. The number of ether oxygens (including phenoxy) is 1. The molecule has 1 aromatic rings. The van der Waals surface area contributed by atoms with Crippen molar-refractivity contribution in [1.82, 2.24) is 0 Å². The number of carbonyl (C=O) groups excluding carboxylic acids is 1. The number of benzene rings is 1. The highest BCUT2D eigenvalue weighted by Gasteiger charge is 2.62. The maximum Gasteiger partial charge on any atom is 0.341 e. The lowest BCUT2D eigenvalue weighted by molar-refractivity contribution is -0.0245. The first kappa shape index (κ1) is 14.6. The van der Waals surface area contributed by atoms with Crippen molar-refractivity contribution in [3.8, 4) is 0 Å². The number of halogens is 1. The molecule has 114 valence electrons. The largest absolute Gasteiger partial charge is 0.458 e. The smallest absolute Gasteiger partial charge is 0.341 e. The molecule has 2 aliphatic rings. The van der Waals surface area contributed by atoms with Crippen LogP contribution in [-0.4, -0.2) is 12.1 Å². The van der Waals surface area contributed by atoms with Gasteiger partial charge in [0.05, 0.1) is 5.56 Å². The van der Waals surface area contributed by atoms with Gasteiger partial charge < -0.3 is 4.74 Å². The summed E-state index contributed by atoms with van der Waals surface area (Å²) in [5, 5.41) is 0. The van der Waals surface area contributed by atoms with Gasteiger partial charge in [0, 0.05) is 5.41 Å². The minimum absolute atomic E-state index is 0.00757. The highest BCUT2D eigenvalue weighted by atomic mass is 19.1. The van der Waals surface area contributed by atoms with E-state index in [0.29, 0.717) is 11.5 Å². The third kappa shape index (κ3) is 1.93. The van der Waals surface area contributed by atoms with E-state index in [4.69, 9.17) is 4.74 Å². The van der Waals surface area contributed by atoms with Crippen LogP contribution in [0.2, 0.25) is 0 Å². The minimum Gasteiger partial charge on any atom is -0.458 e. The molecular formula is C18H23FO2. The molecular weight excluding hydrogens is 267 g/mol. The molecule has 3 heteroatoms. The molecule has 0 amide bonds. The van der Waals surface area contributed by atoms with Gasteiger partial charge in [-0.25, -0.2) is 9.18 Å². The summed E-state index contributed by atoms with van der Waals surface area (Å²) in [6.45, 7) is 8.41. The van der Waals surface area contributed by atoms with Crippen molar-refractivity contribution in [3.05, 3.63) is 35.1 Å². The Hall–Kier alpha value is -1.38. The number of fused-ring (bicyclic) bond motifs is 2. The molecule has 0 aromatic heterocycles. The van der Waals surface area contributed by atoms with Crippen LogP contribution in [0.1, 0.15) is 56.0 Å². The summed E-state index contributed by atoms with van der Waals surface area (Å²) in [5.41, 5.74) is 0.722. The van der Waals surface area contributed by atoms with Crippen molar-refractivity contribution in [2.75, 3.05) is 0 Å². The predicted molar refractivity (Wildman–Crippen MR) is 79.6 cm³/mol. The highest BCUT2D eigenvalue weighted by molar-refractivity contribution is 5.90. The summed E-state index contributed by atoms with van der Waals surface area (Å²) in [6.07, 6.45) is 3.09. The Morgan fingerprint density at radius 3 is 2.62 bits per heavy atom. The van der Waals surface area contributed by atoms with E-state index in [1.165, 1.54) is 12.5 Å². The van der Waals surface area contributed by atoms with E-state index in [-0.39, 0.29) is 22.5 Å². The van der Waals surface area contributed by atoms with Crippen LogP contribution in [0.15, 0.2) is 18.2 Å². The summed E-state index contributed by atoms with van der Waals surface area (Å²) in [7, 11) is 0. The molecule has 3 rings (SSSR count). The molecule has 2 nitrogen and oxygen atoms in total. The Balaban J connectivity index is 1.82. The second-order valence-corrected chi connectivity index (χ2v) is 7.44. The average Bonchev–Trinajstić information content (AvgIpc) is 2.75. The summed E-state index contributed by atoms with van der Waals surface area (Å²) in [5.74, 6) is -0.386. The first-order valence-electron chi connectivity index (χ1n) is 7.73. The number of hydrogen-bond donors (Lipinski definition) is 0. The van der Waals surface area contributed by atoms with Gasteiger partial charge >= 0.3 is 5.97 Å². The van der Waals surface area contributed by atoms with E-state index < -0.39 is 11.8 Å². The second kappa shape index (κ2) is 4.56. The van der Waals surface area contributed by atoms with Gasteiger partial charge in [-0.2, -0.15) is 0 Å². The van der Waals surface area contributed by atoms with Crippen LogP contribution in [-0.2, 0) is 4.74 Å². The predicted octanol–water partition coefficient (Wildman–Crippen LogP) is 4.51. The van der Waals surface area contributed by atoms with Gasteiger partial charge in [-0.15, -0.1) is 0 Å². The standard InChI is InChI=1S/C18H23FO2/c1-11-6-5-7-13(15(11)19)16(20)21-14-10-12-8-9-18(14,4)17(12,2)3/h5-7,12,14H,8-10H2,1-4H3. The average molecular weight is 290 g/mol. The van der Waals surface area contributed by atoms with Crippen LogP contribution in [0.25, 0.3) is 0 Å². The fourth-order valence-corrected chi connectivity index (χ4v) is 4.31. The van der Waals surface area contributed by atoms with E-state index in [2.05, 4.69) is 20.8 Å². The van der Waals surface area contributed by atoms with E-state index >= 15 is 0 Å². The van der Waals surface area contributed by atoms with Crippen LogP contribution < -0.4 is 0 Å². The molecule has 0 saturated heterocycles. The molecule has 2 fully saturated rings. The lowest BCUT2D eigenvalue weighted by atomic mass is 9.70. The Kier molecular flexibility index (Phi) is 3.16. The van der Waals surface area contributed by atoms with Crippen LogP contribution >= 0.6 is 0 Å². The number of carbonyl (C=O) groups is 1. The molecule has 0 heterocycles. The SMILES string of the molecule is Cc1cccc(C(=O)OC2CC3CCC2(C)C3(C)C)c1F. The van der Waals surface area contributed by atoms with Gasteiger partial charge in [0.25, 0.3) is 0 Å². The Bertz CT molecular complexity index is 593.